The number of hydrogen-bond donors (Lipinski definition) is 1. The van der Waals surface area contributed by atoms with E-state index in [2.05, 4.69) is 25.7 Å². The lowest BCUT2D eigenvalue weighted by molar-refractivity contribution is -0.916. The van der Waals surface area contributed by atoms with Gasteiger partial charge >= 0.3 is 0 Å². The van der Waals surface area contributed by atoms with Gasteiger partial charge in [0.2, 0.25) is 0 Å². The summed E-state index contributed by atoms with van der Waals surface area (Å²) in [5.41, 5.74) is 0. The van der Waals surface area contributed by atoms with Gasteiger partial charge in [0, 0.05) is 13.5 Å². The Hall–Kier alpha value is 0.210. The standard InChI is InChI=1S/C24H50N2.ClH/c1-4-6-8-10-12-14-16-18-20-25-22-23-26(24(25)3)21-19-17-15-13-11-9-7-5-2;/h24H,4-23H2,1-3H3;1H. The Morgan fingerprint density at radius 2 is 1.11 bits per heavy atom. The van der Waals surface area contributed by atoms with Crippen LogP contribution in [-0.2, 0) is 0 Å². The first-order valence-corrected chi connectivity index (χ1v) is 12.4. The van der Waals surface area contributed by atoms with E-state index in [1.54, 1.807) is 0 Å². The summed E-state index contributed by atoms with van der Waals surface area (Å²) in [6, 6.07) is 0. The van der Waals surface area contributed by atoms with Crippen LogP contribution in [0.3, 0.4) is 0 Å². The zero-order chi connectivity index (χ0) is 18.9. The molecule has 1 aliphatic rings. The van der Waals surface area contributed by atoms with Crippen molar-refractivity contribution in [2.75, 3.05) is 26.2 Å². The molecule has 0 aromatic rings. The van der Waals surface area contributed by atoms with Crippen molar-refractivity contribution in [1.29, 1.82) is 0 Å². The van der Waals surface area contributed by atoms with Gasteiger partial charge in [0.05, 0.1) is 19.6 Å². The van der Waals surface area contributed by atoms with Crippen molar-refractivity contribution in [3.8, 4) is 0 Å². The van der Waals surface area contributed by atoms with Crippen LogP contribution in [0.15, 0.2) is 0 Å². The molecule has 0 spiro atoms. The van der Waals surface area contributed by atoms with E-state index in [1.807, 2.05) is 4.90 Å². The largest absolute Gasteiger partial charge is 1.00 e. The number of halogens is 1. The predicted molar refractivity (Wildman–Crippen MR) is 117 cm³/mol. The highest BCUT2D eigenvalue weighted by Gasteiger charge is 2.30. The lowest BCUT2D eigenvalue weighted by Crippen LogP contribution is -3.14. The van der Waals surface area contributed by atoms with E-state index < -0.39 is 0 Å². The molecule has 1 fully saturated rings. The number of hydrogen-bond acceptors (Lipinski definition) is 1. The topological polar surface area (TPSA) is 7.68 Å². The first kappa shape index (κ1) is 27.2. The summed E-state index contributed by atoms with van der Waals surface area (Å²) in [5, 5.41) is 0. The van der Waals surface area contributed by atoms with Crippen molar-refractivity contribution in [1.82, 2.24) is 4.90 Å². The van der Waals surface area contributed by atoms with Crippen molar-refractivity contribution in [3.05, 3.63) is 0 Å². The SMILES string of the molecule is CCCCCCCCCCN1CC[NH+](CCCCCCCCCC)C1C.[Cl-]. The van der Waals surface area contributed by atoms with Crippen LogP contribution in [0.1, 0.15) is 124 Å². The Morgan fingerprint density at radius 3 is 1.63 bits per heavy atom. The van der Waals surface area contributed by atoms with Crippen LogP contribution in [0.5, 0.6) is 0 Å². The molecule has 0 aromatic heterocycles. The lowest BCUT2D eigenvalue weighted by Gasteiger charge is -2.23. The molecule has 164 valence electrons. The number of quaternary nitrogens is 1. The van der Waals surface area contributed by atoms with E-state index in [4.69, 9.17) is 0 Å². The Bertz CT molecular complexity index is 270. The molecule has 2 atom stereocenters. The molecular weight excluding hydrogens is 352 g/mol. The van der Waals surface area contributed by atoms with E-state index in [0.29, 0.717) is 0 Å². The maximum absolute atomic E-state index is 2.76. The van der Waals surface area contributed by atoms with Crippen molar-refractivity contribution < 1.29 is 17.3 Å². The van der Waals surface area contributed by atoms with Gasteiger partial charge in [0.1, 0.15) is 6.17 Å². The molecule has 0 bridgehead atoms. The number of rotatable bonds is 18. The van der Waals surface area contributed by atoms with Crippen LogP contribution in [0.25, 0.3) is 0 Å². The van der Waals surface area contributed by atoms with Crippen LogP contribution in [0.2, 0.25) is 0 Å². The maximum atomic E-state index is 2.76. The van der Waals surface area contributed by atoms with E-state index in [-0.39, 0.29) is 12.4 Å². The first-order chi connectivity index (χ1) is 12.8. The highest BCUT2D eigenvalue weighted by Crippen LogP contribution is 2.10. The van der Waals surface area contributed by atoms with Gasteiger partial charge < -0.3 is 17.3 Å². The minimum Gasteiger partial charge on any atom is -1.00 e. The molecule has 1 N–H and O–H groups in total. The van der Waals surface area contributed by atoms with Gasteiger partial charge in [-0.25, -0.2) is 4.90 Å². The molecule has 1 saturated heterocycles. The summed E-state index contributed by atoms with van der Waals surface area (Å²) in [6.07, 6.45) is 23.8. The Labute approximate surface area is 178 Å². The molecule has 3 heteroatoms. The maximum Gasteiger partial charge on any atom is 0.141 e. The van der Waals surface area contributed by atoms with Crippen LogP contribution in [0, 0.1) is 0 Å². The lowest BCUT2D eigenvalue weighted by atomic mass is 10.1. The molecule has 0 saturated carbocycles. The number of nitrogens with zero attached hydrogens (tertiary/aromatic N) is 1. The number of nitrogens with one attached hydrogen (secondary N) is 1. The summed E-state index contributed by atoms with van der Waals surface area (Å²) in [5.74, 6) is 0. The molecule has 0 radical (unpaired) electrons. The minimum atomic E-state index is 0. The zero-order valence-corrected chi connectivity index (χ0v) is 19.8. The Morgan fingerprint density at radius 1 is 0.667 bits per heavy atom. The molecule has 0 amide bonds. The molecule has 1 rings (SSSR count). The molecule has 1 aliphatic heterocycles. The second-order valence-electron chi connectivity index (χ2n) is 8.82. The fourth-order valence-electron chi connectivity index (χ4n) is 4.52. The van der Waals surface area contributed by atoms with Crippen LogP contribution < -0.4 is 17.3 Å². The molecule has 2 nitrogen and oxygen atoms in total. The van der Waals surface area contributed by atoms with Gasteiger partial charge in [0.15, 0.2) is 0 Å². The van der Waals surface area contributed by atoms with Crippen molar-refractivity contribution >= 4 is 0 Å². The van der Waals surface area contributed by atoms with Gasteiger partial charge in [-0.15, -0.1) is 0 Å². The van der Waals surface area contributed by atoms with Gasteiger partial charge in [-0.3, -0.25) is 0 Å². The van der Waals surface area contributed by atoms with Crippen LogP contribution in [-0.4, -0.2) is 37.2 Å². The number of unbranched alkanes of at least 4 members (excludes halogenated alkanes) is 14. The first-order valence-electron chi connectivity index (χ1n) is 12.4. The van der Waals surface area contributed by atoms with E-state index in [9.17, 15) is 0 Å². The minimum absolute atomic E-state index is 0. The average molecular weight is 403 g/mol. The third-order valence-electron chi connectivity index (χ3n) is 6.51. The normalized spacial score (nSPS) is 20.1. The molecule has 27 heavy (non-hydrogen) atoms. The smallest absolute Gasteiger partial charge is 0.141 e. The van der Waals surface area contributed by atoms with Gasteiger partial charge in [-0.2, -0.15) is 0 Å². The fraction of sp³-hybridized carbons (Fsp3) is 1.00. The monoisotopic (exact) mass is 402 g/mol. The molecule has 0 aliphatic carbocycles. The molecular formula is C24H51ClN2. The van der Waals surface area contributed by atoms with E-state index in [1.165, 1.54) is 129 Å². The van der Waals surface area contributed by atoms with Gasteiger partial charge in [0.25, 0.3) is 0 Å². The van der Waals surface area contributed by atoms with Crippen molar-refractivity contribution in [3.63, 3.8) is 0 Å². The zero-order valence-electron chi connectivity index (χ0n) is 19.0. The third-order valence-corrected chi connectivity index (χ3v) is 6.51. The quantitative estimate of drug-likeness (QED) is 0.346. The fourth-order valence-corrected chi connectivity index (χ4v) is 4.52. The van der Waals surface area contributed by atoms with Crippen LogP contribution >= 0.6 is 0 Å². The predicted octanol–water partition coefficient (Wildman–Crippen LogP) is 2.82. The highest BCUT2D eigenvalue weighted by atomic mass is 35.5. The highest BCUT2D eigenvalue weighted by molar-refractivity contribution is 4.64. The molecule has 0 aromatic carbocycles. The van der Waals surface area contributed by atoms with E-state index in [0.717, 1.165) is 6.17 Å². The summed E-state index contributed by atoms with van der Waals surface area (Å²) in [6.45, 7) is 12.5. The van der Waals surface area contributed by atoms with E-state index >= 15 is 0 Å². The Kier molecular flexibility index (Phi) is 19.7. The second kappa shape index (κ2) is 19.5. The molecule has 1 heterocycles. The van der Waals surface area contributed by atoms with Gasteiger partial charge in [-0.1, -0.05) is 97.3 Å². The van der Waals surface area contributed by atoms with Crippen molar-refractivity contribution in [2.24, 2.45) is 0 Å². The molecule has 2 unspecified atom stereocenters. The van der Waals surface area contributed by atoms with Gasteiger partial charge in [-0.05, 0) is 19.3 Å². The average Bonchev–Trinajstić information content (AvgIpc) is 2.99. The third kappa shape index (κ3) is 13.9. The summed E-state index contributed by atoms with van der Waals surface area (Å²) in [7, 11) is 0. The summed E-state index contributed by atoms with van der Waals surface area (Å²) >= 11 is 0. The van der Waals surface area contributed by atoms with Crippen LogP contribution in [0.4, 0.5) is 0 Å². The second-order valence-corrected chi connectivity index (χ2v) is 8.82. The summed E-state index contributed by atoms with van der Waals surface area (Å²) < 4.78 is 0. The Balaban J connectivity index is 0.00000676. The van der Waals surface area contributed by atoms with Crippen molar-refractivity contribution in [2.45, 2.75) is 130 Å². The summed E-state index contributed by atoms with van der Waals surface area (Å²) in [4.78, 5) is 4.62.